The van der Waals surface area contributed by atoms with E-state index >= 15 is 0 Å². The lowest BCUT2D eigenvalue weighted by molar-refractivity contribution is -0.142. The number of benzene rings is 1. The fraction of sp³-hybridized carbons (Fsp3) is 0.417. The van der Waals surface area contributed by atoms with Gasteiger partial charge in [0, 0.05) is 51.3 Å². The van der Waals surface area contributed by atoms with E-state index in [1.165, 1.54) is 4.90 Å². The maximum atomic E-state index is 13.5. The Bertz CT molecular complexity index is 885. The average Bonchev–Trinajstić information content (AvgIpc) is 3.01. The van der Waals surface area contributed by atoms with Crippen molar-refractivity contribution in [2.75, 3.05) is 20.1 Å². The van der Waals surface area contributed by atoms with Crippen LogP contribution in [0.4, 0.5) is 0 Å². The van der Waals surface area contributed by atoms with E-state index in [0.717, 1.165) is 24.1 Å². The summed E-state index contributed by atoms with van der Waals surface area (Å²) in [7, 11) is 1.76. The standard InChI is InChI=1S/C24H29N3O3/c1-3-4-15-26(2)21(28)17-24(19-10-6-5-7-11-19)18-22(29)27(23(24)30)16-13-20-12-8-9-14-25-20/h5-12,14H,3-4,13,15-18H2,1-2H3/t24-/m0/s1. The first kappa shape index (κ1) is 21.7. The van der Waals surface area contributed by atoms with Crippen LogP contribution in [0.15, 0.2) is 54.7 Å². The van der Waals surface area contributed by atoms with E-state index in [9.17, 15) is 14.4 Å². The number of carbonyl (C=O) groups excluding carboxylic acids is 3. The first-order valence-corrected chi connectivity index (χ1v) is 10.5. The smallest absolute Gasteiger partial charge is 0.240 e. The second-order valence-electron chi connectivity index (χ2n) is 7.89. The molecule has 1 atom stereocenters. The van der Waals surface area contributed by atoms with Crippen molar-refractivity contribution in [3.05, 3.63) is 66.0 Å². The topological polar surface area (TPSA) is 70.6 Å². The number of likely N-dealkylation sites (tertiary alicyclic amines) is 1. The highest BCUT2D eigenvalue weighted by Crippen LogP contribution is 2.40. The van der Waals surface area contributed by atoms with Gasteiger partial charge in [-0.1, -0.05) is 49.7 Å². The molecule has 158 valence electrons. The molecule has 0 spiro atoms. The Morgan fingerprint density at radius 2 is 1.87 bits per heavy atom. The van der Waals surface area contributed by atoms with Gasteiger partial charge in [0.15, 0.2) is 0 Å². The highest BCUT2D eigenvalue weighted by Gasteiger charge is 2.53. The maximum Gasteiger partial charge on any atom is 0.240 e. The number of hydrogen-bond acceptors (Lipinski definition) is 4. The van der Waals surface area contributed by atoms with Gasteiger partial charge in [-0.25, -0.2) is 0 Å². The van der Waals surface area contributed by atoms with Crippen molar-refractivity contribution in [2.45, 2.75) is 44.4 Å². The zero-order valence-corrected chi connectivity index (χ0v) is 17.7. The molecule has 0 N–H and O–H groups in total. The molecule has 1 saturated heterocycles. The summed E-state index contributed by atoms with van der Waals surface area (Å²) in [5.41, 5.74) is 0.409. The summed E-state index contributed by atoms with van der Waals surface area (Å²) >= 11 is 0. The number of hydrogen-bond donors (Lipinski definition) is 0. The Kier molecular flexibility index (Phi) is 6.98. The Hall–Kier alpha value is -3.02. The summed E-state index contributed by atoms with van der Waals surface area (Å²) in [6, 6.07) is 14.8. The van der Waals surface area contributed by atoms with Gasteiger partial charge in [0.1, 0.15) is 0 Å². The normalized spacial score (nSPS) is 18.7. The van der Waals surface area contributed by atoms with Crippen LogP contribution >= 0.6 is 0 Å². The van der Waals surface area contributed by atoms with Crippen LogP contribution in [0.5, 0.6) is 0 Å². The number of pyridine rings is 1. The van der Waals surface area contributed by atoms with Crippen molar-refractivity contribution in [3.8, 4) is 0 Å². The molecule has 2 aromatic rings. The fourth-order valence-electron chi connectivity index (χ4n) is 3.94. The molecule has 0 radical (unpaired) electrons. The van der Waals surface area contributed by atoms with E-state index < -0.39 is 5.41 Å². The van der Waals surface area contributed by atoms with E-state index in [4.69, 9.17) is 0 Å². The molecule has 0 bridgehead atoms. The first-order valence-electron chi connectivity index (χ1n) is 10.5. The van der Waals surface area contributed by atoms with Crippen molar-refractivity contribution >= 4 is 17.7 Å². The van der Waals surface area contributed by atoms with E-state index in [1.54, 1.807) is 18.1 Å². The number of rotatable bonds is 9. The molecule has 0 saturated carbocycles. The minimum atomic E-state index is -1.14. The summed E-state index contributed by atoms with van der Waals surface area (Å²) in [4.78, 5) is 46.6. The van der Waals surface area contributed by atoms with Crippen LogP contribution in [-0.4, -0.2) is 52.6 Å². The third-order valence-corrected chi connectivity index (χ3v) is 5.78. The molecule has 6 heteroatoms. The zero-order valence-electron chi connectivity index (χ0n) is 17.7. The molecule has 3 amide bonds. The average molecular weight is 408 g/mol. The van der Waals surface area contributed by atoms with Crippen LogP contribution in [0.1, 0.15) is 43.9 Å². The Balaban J connectivity index is 1.84. The lowest BCUT2D eigenvalue weighted by Crippen LogP contribution is -2.43. The van der Waals surface area contributed by atoms with Crippen LogP contribution in [0.25, 0.3) is 0 Å². The van der Waals surface area contributed by atoms with E-state index in [1.807, 2.05) is 48.5 Å². The molecular weight excluding hydrogens is 378 g/mol. The molecule has 6 nitrogen and oxygen atoms in total. The molecule has 1 aromatic heterocycles. The SMILES string of the molecule is CCCCN(C)C(=O)C[C@@]1(c2ccccc2)CC(=O)N(CCc2ccccn2)C1=O. The molecule has 1 aromatic carbocycles. The number of nitrogens with zero attached hydrogens (tertiary/aromatic N) is 3. The third kappa shape index (κ3) is 4.58. The predicted octanol–water partition coefficient (Wildman–Crippen LogP) is 2.97. The summed E-state index contributed by atoms with van der Waals surface area (Å²) in [5, 5.41) is 0. The molecule has 3 rings (SSSR count). The highest BCUT2D eigenvalue weighted by molar-refractivity contribution is 6.10. The van der Waals surface area contributed by atoms with Gasteiger partial charge >= 0.3 is 0 Å². The molecular formula is C24H29N3O3. The number of unbranched alkanes of at least 4 members (excludes halogenated alkanes) is 1. The Labute approximate surface area is 177 Å². The van der Waals surface area contributed by atoms with Crippen molar-refractivity contribution in [3.63, 3.8) is 0 Å². The number of amides is 3. The van der Waals surface area contributed by atoms with Gasteiger partial charge in [-0.3, -0.25) is 24.3 Å². The summed E-state index contributed by atoms with van der Waals surface area (Å²) in [6.07, 6.45) is 4.10. The lowest BCUT2D eigenvalue weighted by Gasteiger charge is -2.29. The van der Waals surface area contributed by atoms with Gasteiger partial charge in [-0.15, -0.1) is 0 Å². The second-order valence-corrected chi connectivity index (χ2v) is 7.89. The van der Waals surface area contributed by atoms with Crippen molar-refractivity contribution in [1.82, 2.24) is 14.8 Å². The van der Waals surface area contributed by atoms with Gasteiger partial charge < -0.3 is 4.90 Å². The summed E-state index contributed by atoms with van der Waals surface area (Å²) in [5.74, 6) is -0.629. The van der Waals surface area contributed by atoms with Crippen LogP contribution in [0.3, 0.4) is 0 Å². The van der Waals surface area contributed by atoms with Crippen LogP contribution in [-0.2, 0) is 26.2 Å². The Morgan fingerprint density at radius 1 is 1.13 bits per heavy atom. The van der Waals surface area contributed by atoms with Crippen molar-refractivity contribution in [2.24, 2.45) is 0 Å². The second kappa shape index (κ2) is 9.65. The third-order valence-electron chi connectivity index (χ3n) is 5.78. The molecule has 0 aliphatic carbocycles. The van der Waals surface area contributed by atoms with Gasteiger partial charge in [0.2, 0.25) is 17.7 Å². The van der Waals surface area contributed by atoms with Gasteiger partial charge in [0.25, 0.3) is 0 Å². The molecule has 1 fully saturated rings. The Morgan fingerprint density at radius 3 is 2.53 bits per heavy atom. The lowest BCUT2D eigenvalue weighted by atomic mass is 9.75. The fourth-order valence-corrected chi connectivity index (χ4v) is 3.94. The number of imide groups is 1. The van der Waals surface area contributed by atoms with Gasteiger partial charge in [0.05, 0.1) is 5.41 Å². The summed E-state index contributed by atoms with van der Waals surface area (Å²) in [6.45, 7) is 2.98. The van der Waals surface area contributed by atoms with Gasteiger partial charge in [-0.2, -0.15) is 0 Å². The van der Waals surface area contributed by atoms with Crippen LogP contribution in [0.2, 0.25) is 0 Å². The van der Waals surface area contributed by atoms with Gasteiger partial charge in [-0.05, 0) is 24.1 Å². The van der Waals surface area contributed by atoms with Crippen LogP contribution in [0, 0.1) is 0 Å². The summed E-state index contributed by atoms with van der Waals surface area (Å²) < 4.78 is 0. The number of carbonyl (C=O) groups is 3. The van der Waals surface area contributed by atoms with E-state index in [-0.39, 0.29) is 37.1 Å². The zero-order chi connectivity index (χ0) is 21.6. The minimum Gasteiger partial charge on any atom is -0.346 e. The first-order chi connectivity index (χ1) is 14.5. The number of aromatic nitrogens is 1. The van der Waals surface area contributed by atoms with E-state index in [0.29, 0.717) is 13.0 Å². The molecule has 2 heterocycles. The largest absolute Gasteiger partial charge is 0.346 e. The molecule has 30 heavy (non-hydrogen) atoms. The maximum absolute atomic E-state index is 13.5. The monoisotopic (exact) mass is 407 g/mol. The van der Waals surface area contributed by atoms with E-state index in [2.05, 4.69) is 11.9 Å². The molecule has 0 unspecified atom stereocenters. The van der Waals surface area contributed by atoms with Crippen molar-refractivity contribution < 1.29 is 14.4 Å². The minimum absolute atomic E-state index is 0.00187. The highest BCUT2D eigenvalue weighted by atomic mass is 16.2. The van der Waals surface area contributed by atoms with Crippen molar-refractivity contribution in [1.29, 1.82) is 0 Å². The molecule has 1 aliphatic rings. The quantitative estimate of drug-likeness (QED) is 0.599. The van der Waals surface area contributed by atoms with Crippen LogP contribution < -0.4 is 0 Å². The molecule has 1 aliphatic heterocycles. The predicted molar refractivity (Wildman–Crippen MR) is 115 cm³/mol.